The highest BCUT2D eigenvalue weighted by Crippen LogP contribution is 2.17. The largest absolute Gasteiger partial charge is 0.355 e. The molecule has 0 saturated heterocycles. The van der Waals surface area contributed by atoms with Crippen molar-refractivity contribution in [2.45, 2.75) is 52.2 Å². The first-order valence-electron chi connectivity index (χ1n) is 6.88. The predicted octanol–water partition coefficient (Wildman–Crippen LogP) is 1.63. The fraction of sp³-hybridized carbons (Fsp3) is 0.769. The highest BCUT2D eigenvalue weighted by molar-refractivity contribution is 7.99. The fourth-order valence-corrected chi connectivity index (χ4v) is 2.39. The Bertz CT molecular complexity index is 487. The number of amides is 1. The molecule has 0 spiro atoms. The van der Waals surface area contributed by atoms with Gasteiger partial charge in [0, 0.05) is 13.1 Å². The number of hydrogen-bond acceptors (Lipinski definition) is 4. The van der Waals surface area contributed by atoms with Crippen LogP contribution in [0.4, 0.5) is 0 Å². The van der Waals surface area contributed by atoms with E-state index >= 15 is 0 Å². The van der Waals surface area contributed by atoms with E-state index in [9.17, 15) is 9.59 Å². The fourth-order valence-electron chi connectivity index (χ4n) is 1.59. The molecule has 0 aliphatic carbocycles. The summed E-state index contributed by atoms with van der Waals surface area (Å²) < 4.78 is 1.56. The third-order valence-electron chi connectivity index (χ3n) is 2.70. The summed E-state index contributed by atoms with van der Waals surface area (Å²) in [5, 5.41) is 9.80. The van der Waals surface area contributed by atoms with Crippen molar-refractivity contribution in [3.05, 3.63) is 10.5 Å². The lowest BCUT2D eigenvalue weighted by molar-refractivity contribution is -0.118. The zero-order chi connectivity index (χ0) is 15.2. The molecule has 114 valence electrons. The lowest BCUT2D eigenvalue weighted by atomic mass is 9.92. The van der Waals surface area contributed by atoms with Crippen LogP contribution in [0.2, 0.25) is 0 Å². The number of carbonyl (C=O) groups excluding carboxylic acids is 1. The van der Waals surface area contributed by atoms with Gasteiger partial charge in [-0.3, -0.25) is 9.36 Å². The molecule has 0 saturated carbocycles. The van der Waals surface area contributed by atoms with E-state index in [0.717, 1.165) is 12.8 Å². The molecule has 0 unspecified atom stereocenters. The van der Waals surface area contributed by atoms with Crippen molar-refractivity contribution >= 4 is 17.7 Å². The van der Waals surface area contributed by atoms with Crippen LogP contribution >= 0.6 is 11.8 Å². The van der Waals surface area contributed by atoms with Crippen LogP contribution in [0.15, 0.2) is 9.95 Å². The average Bonchev–Trinajstić information content (AvgIpc) is 2.67. The molecular formula is C13H24N4O2S. The smallest absolute Gasteiger partial charge is 0.343 e. The Kier molecular flexibility index (Phi) is 6.32. The number of nitrogens with zero attached hydrogens (tertiary/aromatic N) is 2. The Hall–Kier alpha value is -1.24. The second-order valence-electron chi connectivity index (χ2n) is 5.91. The molecule has 1 heterocycles. The molecule has 7 heteroatoms. The highest BCUT2D eigenvalue weighted by atomic mass is 32.2. The van der Waals surface area contributed by atoms with Crippen molar-refractivity contribution in [2.75, 3.05) is 12.3 Å². The van der Waals surface area contributed by atoms with Gasteiger partial charge < -0.3 is 5.32 Å². The number of nitrogens with one attached hydrogen (secondary N) is 2. The van der Waals surface area contributed by atoms with E-state index in [0.29, 0.717) is 18.2 Å². The molecule has 0 radical (unpaired) electrons. The molecule has 6 nitrogen and oxygen atoms in total. The van der Waals surface area contributed by atoms with Crippen LogP contribution in [0.1, 0.15) is 40.5 Å². The number of H-pyrrole nitrogens is 1. The van der Waals surface area contributed by atoms with E-state index in [1.165, 1.54) is 11.8 Å². The van der Waals surface area contributed by atoms with Gasteiger partial charge in [0.1, 0.15) is 0 Å². The van der Waals surface area contributed by atoms with Crippen molar-refractivity contribution in [1.82, 2.24) is 20.1 Å². The second-order valence-corrected chi connectivity index (χ2v) is 6.85. The maximum Gasteiger partial charge on any atom is 0.343 e. The summed E-state index contributed by atoms with van der Waals surface area (Å²) in [6.45, 7) is 9.70. The van der Waals surface area contributed by atoms with Gasteiger partial charge in [0.15, 0.2) is 5.16 Å². The molecule has 0 aromatic carbocycles. The first-order chi connectivity index (χ1) is 9.33. The molecule has 2 N–H and O–H groups in total. The van der Waals surface area contributed by atoms with E-state index in [1.807, 2.05) is 6.92 Å². The standard InChI is InChI=1S/C13H24N4O2S/c1-5-8-17-11(19)15-16-12(17)20-9-10(18)14-7-6-13(2,3)4/h5-9H2,1-4H3,(H,14,18)(H,15,19). The topological polar surface area (TPSA) is 79.8 Å². The maximum atomic E-state index is 11.7. The highest BCUT2D eigenvalue weighted by Gasteiger charge is 2.12. The van der Waals surface area contributed by atoms with E-state index in [2.05, 4.69) is 36.3 Å². The monoisotopic (exact) mass is 300 g/mol. The first kappa shape index (κ1) is 16.8. The number of aromatic amines is 1. The third-order valence-corrected chi connectivity index (χ3v) is 3.68. The van der Waals surface area contributed by atoms with Crippen molar-refractivity contribution in [2.24, 2.45) is 5.41 Å². The van der Waals surface area contributed by atoms with Crippen LogP contribution in [-0.2, 0) is 11.3 Å². The molecule has 1 rings (SSSR count). The molecule has 1 aromatic heterocycles. The van der Waals surface area contributed by atoms with Crippen LogP contribution in [0.5, 0.6) is 0 Å². The third kappa shape index (κ3) is 5.81. The lowest BCUT2D eigenvalue weighted by Crippen LogP contribution is -2.28. The number of carbonyl (C=O) groups is 1. The van der Waals surface area contributed by atoms with Crippen molar-refractivity contribution < 1.29 is 4.79 Å². The van der Waals surface area contributed by atoms with Crippen molar-refractivity contribution in [3.8, 4) is 0 Å². The minimum atomic E-state index is -0.220. The summed E-state index contributed by atoms with van der Waals surface area (Å²) in [5.41, 5.74) is -0.00739. The van der Waals surface area contributed by atoms with Gasteiger partial charge in [-0.05, 0) is 18.3 Å². The summed E-state index contributed by atoms with van der Waals surface area (Å²) in [5.74, 6) is 0.246. The van der Waals surface area contributed by atoms with E-state index in [4.69, 9.17) is 0 Å². The number of thioether (sulfide) groups is 1. The van der Waals surface area contributed by atoms with Gasteiger partial charge in [-0.1, -0.05) is 39.5 Å². The molecule has 1 aromatic rings. The molecular weight excluding hydrogens is 276 g/mol. The Morgan fingerprint density at radius 1 is 1.45 bits per heavy atom. The molecule has 0 bridgehead atoms. The molecule has 0 fully saturated rings. The Morgan fingerprint density at radius 3 is 2.75 bits per heavy atom. The van der Waals surface area contributed by atoms with Gasteiger partial charge in [-0.15, -0.1) is 5.10 Å². The average molecular weight is 300 g/mol. The van der Waals surface area contributed by atoms with Gasteiger partial charge in [0.05, 0.1) is 5.75 Å². The van der Waals surface area contributed by atoms with Gasteiger partial charge in [-0.2, -0.15) is 0 Å². The van der Waals surface area contributed by atoms with Crippen LogP contribution in [0, 0.1) is 5.41 Å². The lowest BCUT2D eigenvalue weighted by Gasteiger charge is -2.17. The van der Waals surface area contributed by atoms with Gasteiger partial charge in [0.25, 0.3) is 0 Å². The van der Waals surface area contributed by atoms with Gasteiger partial charge in [0.2, 0.25) is 5.91 Å². The van der Waals surface area contributed by atoms with Crippen molar-refractivity contribution in [1.29, 1.82) is 0 Å². The zero-order valence-corrected chi connectivity index (χ0v) is 13.5. The molecule has 0 aliphatic rings. The van der Waals surface area contributed by atoms with Gasteiger partial charge in [-0.25, -0.2) is 9.89 Å². The summed E-state index contributed by atoms with van der Waals surface area (Å²) >= 11 is 1.28. The Labute approximate surface area is 123 Å². The van der Waals surface area contributed by atoms with Crippen LogP contribution in [-0.4, -0.2) is 33.0 Å². The van der Waals surface area contributed by atoms with Crippen molar-refractivity contribution in [3.63, 3.8) is 0 Å². The van der Waals surface area contributed by atoms with E-state index in [-0.39, 0.29) is 22.8 Å². The number of aromatic nitrogens is 3. The van der Waals surface area contributed by atoms with E-state index < -0.39 is 0 Å². The number of hydrogen-bond donors (Lipinski definition) is 2. The quantitative estimate of drug-likeness (QED) is 0.750. The van der Waals surface area contributed by atoms with Crippen LogP contribution in [0.25, 0.3) is 0 Å². The summed E-state index contributed by atoms with van der Waals surface area (Å²) in [4.78, 5) is 23.2. The minimum absolute atomic E-state index is 0.0299. The summed E-state index contributed by atoms with van der Waals surface area (Å²) in [6, 6.07) is 0. The van der Waals surface area contributed by atoms with Gasteiger partial charge >= 0.3 is 5.69 Å². The molecule has 0 atom stereocenters. The maximum absolute atomic E-state index is 11.7. The Morgan fingerprint density at radius 2 is 2.15 bits per heavy atom. The summed E-state index contributed by atoms with van der Waals surface area (Å²) in [6.07, 6.45) is 1.79. The second kappa shape index (κ2) is 7.52. The zero-order valence-electron chi connectivity index (χ0n) is 12.7. The number of rotatable bonds is 7. The first-order valence-corrected chi connectivity index (χ1v) is 7.87. The summed E-state index contributed by atoms with van der Waals surface area (Å²) in [7, 11) is 0. The van der Waals surface area contributed by atoms with E-state index in [1.54, 1.807) is 4.57 Å². The molecule has 0 aliphatic heterocycles. The minimum Gasteiger partial charge on any atom is -0.355 e. The molecule has 20 heavy (non-hydrogen) atoms. The Balaban J connectivity index is 2.40. The predicted molar refractivity (Wildman–Crippen MR) is 80.9 cm³/mol. The molecule has 1 amide bonds. The van der Waals surface area contributed by atoms with Crippen LogP contribution in [0.3, 0.4) is 0 Å². The SMILES string of the molecule is CCCn1c(SCC(=O)NCCC(C)(C)C)n[nH]c1=O. The van der Waals surface area contributed by atoms with Crippen LogP contribution < -0.4 is 11.0 Å². The normalized spacial score (nSPS) is 11.6.